The van der Waals surface area contributed by atoms with Crippen LogP contribution in [0.15, 0.2) is 35.7 Å². The fourth-order valence-corrected chi connectivity index (χ4v) is 3.62. The topological polar surface area (TPSA) is 95.0 Å². The molecule has 2 saturated carbocycles. The number of anilines is 1. The van der Waals surface area contributed by atoms with Gasteiger partial charge in [-0.1, -0.05) is 0 Å². The lowest BCUT2D eigenvalue weighted by atomic mass is 10.0. The Hall–Kier alpha value is -2.96. The van der Waals surface area contributed by atoms with Gasteiger partial charge >= 0.3 is 0 Å². The van der Waals surface area contributed by atoms with E-state index < -0.39 is 11.9 Å². The van der Waals surface area contributed by atoms with Gasteiger partial charge in [0.15, 0.2) is 11.9 Å². The third-order valence-corrected chi connectivity index (χ3v) is 5.38. The Morgan fingerprint density at radius 2 is 1.86 bits per heavy atom. The fourth-order valence-electron chi connectivity index (χ4n) is 3.62. The molecular weight excluding hydrogens is 359 g/mol. The molecule has 1 amide bonds. The zero-order valence-electron chi connectivity index (χ0n) is 16.0. The molecule has 0 radical (unpaired) electrons. The molecule has 4 rings (SSSR count). The van der Waals surface area contributed by atoms with E-state index in [4.69, 9.17) is 5.73 Å². The summed E-state index contributed by atoms with van der Waals surface area (Å²) >= 11 is 0. The van der Waals surface area contributed by atoms with E-state index >= 15 is 0 Å². The molecular formula is C21H23FN4O2. The molecule has 28 heavy (non-hydrogen) atoms. The summed E-state index contributed by atoms with van der Waals surface area (Å²) in [5.41, 5.74) is 9.21. The SMILES string of the molecule is Cc1cc(-c2ccc(NC(=O)C(N)=C(C3CC3)C3CC3)nc2F)c(C)[n+]([O-])c1. The molecule has 0 aliphatic heterocycles. The highest BCUT2D eigenvalue weighted by Gasteiger charge is 2.39. The fraction of sp³-hybridized carbons (Fsp3) is 0.381. The smallest absolute Gasteiger partial charge is 0.272 e. The third-order valence-electron chi connectivity index (χ3n) is 5.38. The highest BCUT2D eigenvalue weighted by Crippen LogP contribution is 2.49. The molecule has 6 nitrogen and oxygen atoms in total. The molecule has 0 aromatic carbocycles. The van der Waals surface area contributed by atoms with Crippen LogP contribution in [0.3, 0.4) is 0 Å². The number of halogens is 1. The molecule has 2 fully saturated rings. The number of rotatable bonds is 5. The van der Waals surface area contributed by atoms with Crippen molar-refractivity contribution in [2.24, 2.45) is 17.6 Å². The third kappa shape index (κ3) is 3.56. The van der Waals surface area contributed by atoms with Crippen molar-refractivity contribution in [3.8, 4) is 11.1 Å². The van der Waals surface area contributed by atoms with Crippen LogP contribution in [0, 0.1) is 36.8 Å². The van der Waals surface area contributed by atoms with E-state index in [0.717, 1.165) is 36.8 Å². The first kappa shape index (κ1) is 18.4. The van der Waals surface area contributed by atoms with Gasteiger partial charge < -0.3 is 16.3 Å². The molecule has 2 aliphatic carbocycles. The van der Waals surface area contributed by atoms with Crippen LogP contribution in [0.2, 0.25) is 0 Å². The lowest BCUT2D eigenvalue weighted by molar-refractivity contribution is -0.612. The zero-order chi connectivity index (χ0) is 20.0. The Kier molecular flexibility index (Phi) is 4.53. The van der Waals surface area contributed by atoms with E-state index in [1.165, 1.54) is 18.3 Å². The molecule has 7 heteroatoms. The molecule has 0 atom stereocenters. The second kappa shape index (κ2) is 6.89. The van der Waals surface area contributed by atoms with Gasteiger partial charge in [0.25, 0.3) is 5.91 Å². The highest BCUT2D eigenvalue weighted by atomic mass is 19.1. The standard InChI is InChI=1S/C21H23FN4O2/c1-11-9-16(12(2)26(28)10-11)15-7-8-17(24-20(15)22)25-21(27)19(23)18(13-3-4-13)14-5-6-14/h7-10,13-14H,3-6,23H2,1-2H3,(H,24,25,27). The Morgan fingerprint density at radius 1 is 1.21 bits per heavy atom. The number of nitrogens with zero attached hydrogens (tertiary/aromatic N) is 2. The van der Waals surface area contributed by atoms with Gasteiger partial charge in [0.2, 0.25) is 5.95 Å². The predicted molar refractivity (Wildman–Crippen MR) is 103 cm³/mol. The number of carbonyl (C=O) groups is 1. The summed E-state index contributed by atoms with van der Waals surface area (Å²) in [6.07, 6.45) is 5.76. The van der Waals surface area contributed by atoms with Crippen LogP contribution in [-0.4, -0.2) is 10.9 Å². The molecule has 2 aliphatic rings. The number of nitrogens with one attached hydrogen (secondary N) is 1. The molecule has 0 unspecified atom stereocenters. The van der Waals surface area contributed by atoms with Crippen molar-refractivity contribution in [3.63, 3.8) is 0 Å². The van der Waals surface area contributed by atoms with E-state index in [1.54, 1.807) is 19.9 Å². The van der Waals surface area contributed by atoms with Crippen molar-refractivity contribution in [2.75, 3.05) is 5.32 Å². The summed E-state index contributed by atoms with van der Waals surface area (Å²) < 4.78 is 15.4. The Bertz CT molecular complexity index is 980. The Morgan fingerprint density at radius 3 is 2.43 bits per heavy atom. The van der Waals surface area contributed by atoms with E-state index in [9.17, 15) is 14.4 Å². The van der Waals surface area contributed by atoms with E-state index in [2.05, 4.69) is 10.3 Å². The number of allylic oxidation sites excluding steroid dienone is 1. The van der Waals surface area contributed by atoms with Gasteiger partial charge in [-0.2, -0.15) is 9.12 Å². The van der Waals surface area contributed by atoms with Gasteiger partial charge in [-0.25, -0.2) is 4.98 Å². The average molecular weight is 382 g/mol. The quantitative estimate of drug-likeness (QED) is 0.359. The van der Waals surface area contributed by atoms with Crippen molar-refractivity contribution >= 4 is 11.7 Å². The van der Waals surface area contributed by atoms with Gasteiger partial charge in [0, 0.05) is 18.1 Å². The number of aromatic nitrogens is 2. The first-order valence-corrected chi connectivity index (χ1v) is 9.53. The summed E-state index contributed by atoms with van der Waals surface area (Å²) in [6, 6.07) is 4.77. The minimum atomic E-state index is -0.751. The van der Waals surface area contributed by atoms with Crippen molar-refractivity contribution in [3.05, 3.63) is 58.1 Å². The van der Waals surface area contributed by atoms with Gasteiger partial charge in [-0.3, -0.25) is 4.79 Å². The molecule has 0 spiro atoms. The van der Waals surface area contributed by atoms with Crippen molar-refractivity contribution < 1.29 is 13.9 Å². The van der Waals surface area contributed by atoms with E-state index in [0.29, 0.717) is 27.8 Å². The maximum absolute atomic E-state index is 14.6. The molecule has 2 heterocycles. The van der Waals surface area contributed by atoms with Crippen LogP contribution in [0.25, 0.3) is 11.1 Å². The number of pyridine rings is 2. The van der Waals surface area contributed by atoms with Crippen LogP contribution < -0.4 is 15.8 Å². The van der Waals surface area contributed by atoms with Crippen LogP contribution in [-0.2, 0) is 4.79 Å². The number of carbonyl (C=O) groups excluding carboxylic acids is 1. The van der Waals surface area contributed by atoms with Gasteiger partial charge in [-0.05, 0) is 68.2 Å². The number of nitrogens with two attached hydrogens (primary N) is 1. The van der Waals surface area contributed by atoms with E-state index in [-0.39, 0.29) is 17.1 Å². The highest BCUT2D eigenvalue weighted by molar-refractivity contribution is 6.03. The Labute approximate surface area is 162 Å². The number of amides is 1. The molecule has 0 bridgehead atoms. The summed E-state index contributed by atoms with van der Waals surface area (Å²) in [4.78, 5) is 16.4. The minimum Gasteiger partial charge on any atom is -0.618 e. The average Bonchev–Trinajstić information content (AvgIpc) is 3.53. The molecule has 2 aromatic rings. The first-order valence-electron chi connectivity index (χ1n) is 9.53. The molecule has 3 N–H and O–H groups in total. The summed E-state index contributed by atoms with van der Waals surface area (Å²) in [5, 5.41) is 14.5. The van der Waals surface area contributed by atoms with Gasteiger partial charge in [0.1, 0.15) is 5.82 Å². The lowest BCUT2D eigenvalue weighted by Crippen LogP contribution is -2.30. The second-order valence-electron chi connectivity index (χ2n) is 7.75. The van der Waals surface area contributed by atoms with Crippen LogP contribution in [0.4, 0.5) is 10.2 Å². The molecule has 0 saturated heterocycles. The largest absolute Gasteiger partial charge is 0.618 e. The minimum absolute atomic E-state index is 0.0976. The monoisotopic (exact) mass is 382 g/mol. The van der Waals surface area contributed by atoms with Crippen LogP contribution in [0.5, 0.6) is 0 Å². The number of hydrogen-bond acceptors (Lipinski definition) is 4. The van der Waals surface area contributed by atoms with Gasteiger partial charge in [-0.15, -0.1) is 0 Å². The van der Waals surface area contributed by atoms with Gasteiger partial charge in [0.05, 0.1) is 11.3 Å². The summed E-state index contributed by atoms with van der Waals surface area (Å²) in [5.74, 6) is -0.237. The normalized spacial score (nSPS) is 16.0. The lowest BCUT2D eigenvalue weighted by Gasteiger charge is -2.12. The van der Waals surface area contributed by atoms with Crippen LogP contribution in [0.1, 0.15) is 36.9 Å². The van der Waals surface area contributed by atoms with E-state index in [1.807, 2.05) is 0 Å². The van der Waals surface area contributed by atoms with Crippen molar-refractivity contribution in [1.82, 2.24) is 4.98 Å². The maximum atomic E-state index is 14.6. The first-order chi connectivity index (χ1) is 13.3. The Balaban J connectivity index is 1.59. The molecule has 2 aromatic heterocycles. The maximum Gasteiger partial charge on any atom is 0.272 e. The van der Waals surface area contributed by atoms with Crippen molar-refractivity contribution in [1.29, 1.82) is 0 Å². The molecule has 146 valence electrons. The second-order valence-corrected chi connectivity index (χ2v) is 7.75. The summed E-state index contributed by atoms with van der Waals surface area (Å²) in [7, 11) is 0. The predicted octanol–water partition coefficient (Wildman–Crippen LogP) is 3.11. The van der Waals surface area contributed by atoms with Crippen molar-refractivity contribution in [2.45, 2.75) is 39.5 Å². The summed E-state index contributed by atoms with van der Waals surface area (Å²) in [6.45, 7) is 3.39. The zero-order valence-corrected chi connectivity index (χ0v) is 16.0. The number of hydrogen-bond donors (Lipinski definition) is 2. The number of aryl methyl sites for hydroxylation is 1. The van der Waals surface area contributed by atoms with Crippen LogP contribution >= 0.6 is 0 Å².